The number of hydrogen-bond acceptors (Lipinski definition) is 5. The summed E-state index contributed by atoms with van der Waals surface area (Å²) in [6, 6.07) is 3.00. The van der Waals surface area contributed by atoms with Crippen LogP contribution in [0.15, 0.2) is 18.5 Å². The van der Waals surface area contributed by atoms with Gasteiger partial charge in [0.15, 0.2) is 8.32 Å². The lowest BCUT2D eigenvalue weighted by molar-refractivity contribution is -0.141. The van der Waals surface area contributed by atoms with Gasteiger partial charge in [-0.25, -0.2) is 4.98 Å². The van der Waals surface area contributed by atoms with Crippen molar-refractivity contribution in [1.82, 2.24) is 14.5 Å². The number of alkyl halides is 3. The van der Waals surface area contributed by atoms with Gasteiger partial charge in [-0.15, -0.1) is 0 Å². The summed E-state index contributed by atoms with van der Waals surface area (Å²) in [6.07, 6.45) is 2.43. The van der Waals surface area contributed by atoms with Crippen LogP contribution in [0.1, 0.15) is 56.8 Å². The van der Waals surface area contributed by atoms with Crippen LogP contribution in [0.3, 0.4) is 0 Å². The molecule has 0 saturated heterocycles. The molecule has 0 spiro atoms. The van der Waals surface area contributed by atoms with Crippen LogP contribution < -0.4 is 4.90 Å². The molecule has 0 unspecified atom stereocenters. The van der Waals surface area contributed by atoms with Crippen molar-refractivity contribution in [1.29, 1.82) is 0 Å². The Hall–Kier alpha value is -1.90. The highest BCUT2D eigenvalue weighted by Gasteiger charge is 2.42. The van der Waals surface area contributed by atoms with Gasteiger partial charge in [0.25, 0.3) is 5.91 Å². The van der Waals surface area contributed by atoms with Gasteiger partial charge in [0.05, 0.1) is 17.9 Å². The van der Waals surface area contributed by atoms with Crippen molar-refractivity contribution in [3.63, 3.8) is 0 Å². The van der Waals surface area contributed by atoms with Crippen LogP contribution in [0.4, 0.5) is 18.9 Å². The van der Waals surface area contributed by atoms with Gasteiger partial charge in [-0.1, -0.05) is 40.4 Å². The third-order valence-electron chi connectivity index (χ3n) is 9.23. The van der Waals surface area contributed by atoms with Gasteiger partial charge in [0.1, 0.15) is 18.9 Å². The Bertz CT molecular complexity index is 1250. The average Bonchev–Trinajstić information content (AvgIpc) is 3.28. The number of pyridine rings is 1. The summed E-state index contributed by atoms with van der Waals surface area (Å²) in [6.45, 7) is 18.5. The third kappa shape index (κ3) is 7.78. The molecule has 12 heteroatoms. The highest BCUT2D eigenvalue weighted by atomic mass is 28.4. The van der Waals surface area contributed by atoms with Crippen molar-refractivity contribution in [2.45, 2.75) is 109 Å². The van der Waals surface area contributed by atoms with E-state index in [0.29, 0.717) is 30.6 Å². The fourth-order valence-corrected chi connectivity index (χ4v) is 7.37. The minimum Gasteiger partial charge on any atom is -0.417 e. The molecule has 4 rings (SSSR count). The van der Waals surface area contributed by atoms with Gasteiger partial charge in [-0.2, -0.15) is 13.2 Å². The number of amides is 1. The number of nitrogens with zero attached hydrogens (tertiary/aromatic N) is 4. The largest absolute Gasteiger partial charge is 0.417 e. The standard InChI is InChI=1S/C30H49F3N4O3Si2/c1-29(2,3)42(7,8)40-18-22-9-11-23(12-10-22)37-20-36(19-30(31,32)33)28(38)25-17-34-27-24(26(25)37)13-14-35(27)21-39-15-16-41(4,5)6/h13-14,17,22-23H,9-12,15-16,18-21H2,1-8H3. The number of fused-ring (bicyclic) bond motifs is 3. The molecule has 1 aliphatic carbocycles. The Balaban J connectivity index is 1.56. The lowest BCUT2D eigenvalue weighted by Crippen LogP contribution is -2.54. The summed E-state index contributed by atoms with van der Waals surface area (Å²) in [7, 11) is -3.08. The first kappa shape index (κ1) is 33.0. The molecule has 2 aromatic rings. The second kappa shape index (κ2) is 12.2. The Morgan fingerprint density at radius 2 is 1.71 bits per heavy atom. The molecule has 0 bridgehead atoms. The maximum Gasteiger partial charge on any atom is 0.406 e. The molecule has 1 amide bonds. The second-order valence-electron chi connectivity index (χ2n) is 14.9. The molecule has 0 atom stereocenters. The van der Waals surface area contributed by atoms with E-state index in [1.807, 2.05) is 21.7 Å². The molecule has 0 radical (unpaired) electrons. The quantitative estimate of drug-likeness (QED) is 0.200. The summed E-state index contributed by atoms with van der Waals surface area (Å²) in [5.41, 5.74) is 1.62. The van der Waals surface area contributed by atoms with Gasteiger partial charge < -0.3 is 23.5 Å². The van der Waals surface area contributed by atoms with Crippen LogP contribution in [0, 0.1) is 5.92 Å². The average molecular weight is 627 g/mol. The minimum absolute atomic E-state index is 0.0265. The molecule has 1 fully saturated rings. The van der Waals surface area contributed by atoms with E-state index in [1.165, 1.54) is 6.20 Å². The van der Waals surface area contributed by atoms with E-state index in [2.05, 4.69) is 58.5 Å². The van der Waals surface area contributed by atoms with Crippen LogP contribution in [0.25, 0.3) is 11.0 Å². The predicted molar refractivity (Wildman–Crippen MR) is 167 cm³/mol. The second-order valence-corrected chi connectivity index (χ2v) is 25.3. The van der Waals surface area contributed by atoms with Crippen molar-refractivity contribution in [3.8, 4) is 0 Å². The smallest absolute Gasteiger partial charge is 0.406 e. The zero-order chi connectivity index (χ0) is 31.1. The number of hydrogen-bond donors (Lipinski definition) is 0. The van der Waals surface area contributed by atoms with Crippen molar-refractivity contribution < 1.29 is 27.1 Å². The number of halogens is 3. The van der Waals surface area contributed by atoms with E-state index < -0.39 is 35.0 Å². The zero-order valence-corrected chi connectivity index (χ0v) is 28.6. The number of carbonyl (C=O) groups excluding carboxylic acids is 1. The Kier molecular flexibility index (Phi) is 9.62. The molecule has 1 aliphatic heterocycles. The third-order valence-corrected chi connectivity index (χ3v) is 15.4. The molecule has 2 aliphatic rings. The lowest BCUT2D eigenvalue weighted by Gasteiger charge is -2.45. The Morgan fingerprint density at radius 3 is 2.31 bits per heavy atom. The molecule has 42 heavy (non-hydrogen) atoms. The van der Waals surface area contributed by atoms with E-state index in [1.54, 1.807) is 0 Å². The maximum atomic E-state index is 13.5. The van der Waals surface area contributed by atoms with Gasteiger partial charge >= 0.3 is 6.18 Å². The fraction of sp³-hybridized carbons (Fsp3) is 0.733. The number of rotatable bonds is 10. The van der Waals surface area contributed by atoms with Gasteiger partial charge in [0, 0.05) is 45.1 Å². The number of ether oxygens (including phenoxy) is 1. The molecule has 236 valence electrons. The monoisotopic (exact) mass is 626 g/mol. The normalized spacial score (nSPS) is 20.9. The van der Waals surface area contributed by atoms with Crippen molar-refractivity contribution in [3.05, 3.63) is 24.0 Å². The van der Waals surface area contributed by atoms with Gasteiger partial charge in [-0.3, -0.25) is 4.79 Å². The SMILES string of the molecule is CC(C)(C)[Si](C)(C)OCC1CCC(N2CN(CC(F)(F)F)C(=O)c3cnc4c(ccn4COCC[Si](C)(C)C)c32)CC1. The lowest BCUT2D eigenvalue weighted by atomic mass is 9.85. The van der Waals surface area contributed by atoms with E-state index in [4.69, 9.17) is 9.16 Å². The number of anilines is 1. The maximum absolute atomic E-state index is 13.5. The highest BCUT2D eigenvalue weighted by molar-refractivity contribution is 6.76. The molecule has 0 aromatic carbocycles. The van der Waals surface area contributed by atoms with Gasteiger partial charge in [0.2, 0.25) is 0 Å². The van der Waals surface area contributed by atoms with E-state index in [0.717, 1.165) is 48.6 Å². The summed E-state index contributed by atoms with van der Waals surface area (Å²) >= 11 is 0. The summed E-state index contributed by atoms with van der Waals surface area (Å²) in [4.78, 5) is 20.8. The van der Waals surface area contributed by atoms with Crippen molar-refractivity contribution >= 4 is 39.0 Å². The molecular formula is C30H49F3N4O3Si2. The Morgan fingerprint density at radius 1 is 1.05 bits per heavy atom. The molecular weight excluding hydrogens is 578 g/mol. The van der Waals surface area contributed by atoms with Crippen LogP contribution in [-0.4, -0.2) is 75.4 Å². The molecule has 1 saturated carbocycles. The number of aromatic nitrogens is 2. The number of carbonyl (C=O) groups is 1. The van der Waals surface area contributed by atoms with E-state index >= 15 is 0 Å². The zero-order valence-electron chi connectivity index (χ0n) is 26.6. The van der Waals surface area contributed by atoms with Gasteiger partial charge in [-0.05, 0) is 61.8 Å². The molecule has 3 heterocycles. The highest BCUT2D eigenvalue weighted by Crippen LogP contribution is 2.41. The van der Waals surface area contributed by atoms with Crippen LogP contribution in [-0.2, 0) is 15.9 Å². The van der Waals surface area contributed by atoms with Crippen LogP contribution in [0.2, 0.25) is 43.8 Å². The van der Waals surface area contributed by atoms with E-state index in [-0.39, 0.29) is 23.3 Å². The first-order valence-electron chi connectivity index (χ1n) is 15.2. The summed E-state index contributed by atoms with van der Waals surface area (Å²) in [5, 5.41) is 0.926. The topological polar surface area (TPSA) is 59.8 Å². The minimum atomic E-state index is -4.48. The van der Waals surface area contributed by atoms with Crippen LogP contribution in [0.5, 0.6) is 0 Å². The summed E-state index contributed by atoms with van der Waals surface area (Å²) in [5.74, 6) is -0.192. The first-order valence-corrected chi connectivity index (χ1v) is 21.8. The molecule has 2 aromatic heterocycles. The van der Waals surface area contributed by atoms with Crippen LogP contribution >= 0.6 is 0 Å². The van der Waals surface area contributed by atoms with Crippen molar-refractivity contribution in [2.24, 2.45) is 5.92 Å². The Labute approximate surface area is 250 Å². The van der Waals surface area contributed by atoms with Crippen molar-refractivity contribution in [2.75, 3.05) is 31.3 Å². The molecule has 0 N–H and O–H groups in total. The summed E-state index contributed by atoms with van der Waals surface area (Å²) < 4.78 is 54.9. The molecule has 7 nitrogen and oxygen atoms in total. The fourth-order valence-electron chi connectivity index (χ4n) is 5.53. The first-order chi connectivity index (χ1) is 19.4. The van der Waals surface area contributed by atoms with E-state index in [9.17, 15) is 18.0 Å². The predicted octanol–water partition coefficient (Wildman–Crippen LogP) is 7.71.